The normalized spacial score (nSPS) is 19.5. The Morgan fingerprint density at radius 2 is 1.86 bits per heavy atom. The molecule has 126 valence electrons. The minimum Gasteiger partial charge on any atom is -0.342 e. The summed E-state index contributed by atoms with van der Waals surface area (Å²) in [5, 5.41) is 0.442. The summed E-state index contributed by atoms with van der Waals surface area (Å²) in [5.41, 5.74) is 0. The molecule has 0 aliphatic carbocycles. The summed E-state index contributed by atoms with van der Waals surface area (Å²) in [7, 11) is -5.77. The molecule has 2 rings (SSSR count). The van der Waals surface area contributed by atoms with Gasteiger partial charge in [0, 0.05) is 0 Å². The second-order valence-electron chi connectivity index (χ2n) is 7.11. The van der Waals surface area contributed by atoms with E-state index in [1.807, 2.05) is 13.1 Å². The highest BCUT2D eigenvalue weighted by Gasteiger charge is 2.41. The lowest BCUT2D eigenvalue weighted by Crippen LogP contribution is -2.54. The van der Waals surface area contributed by atoms with E-state index in [9.17, 15) is 8.42 Å². The van der Waals surface area contributed by atoms with Crippen molar-refractivity contribution in [2.24, 2.45) is 0 Å². The van der Waals surface area contributed by atoms with Crippen LogP contribution in [0.5, 0.6) is 0 Å². The quantitative estimate of drug-likeness (QED) is 0.831. The number of thiazole rings is 1. The van der Waals surface area contributed by atoms with Crippen LogP contribution in [0.15, 0.2) is 10.4 Å². The molecule has 0 aromatic carbocycles. The van der Waals surface area contributed by atoms with Gasteiger partial charge in [-0.15, -0.1) is 11.3 Å². The first-order valence-electron chi connectivity index (χ1n) is 7.16. The standard InChI is InChI=1S/C13H24N2O4S2Si/c1-12(2,3)22(5,6)15-21(16,17)10-9-14-11(20-10)13(4)18-7-8-19-13/h9,15H,7-8H2,1-6H3. The molecule has 2 heterocycles. The van der Waals surface area contributed by atoms with Crippen LogP contribution in [0.3, 0.4) is 0 Å². The van der Waals surface area contributed by atoms with Gasteiger partial charge in [0.2, 0.25) is 15.8 Å². The van der Waals surface area contributed by atoms with Crippen LogP contribution >= 0.6 is 11.3 Å². The molecule has 9 heteroatoms. The fraction of sp³-hybridized carbons (Fsp3) is 0.769. The van der Waals surface area contributed by atoms with Gasteiger partial charge in [0.1, 0.15) is 8.24 Å². The van der Waals surface area contributed by atoms with Gasteiger partial charge in [-0.3, -0.25) is 0 Å². The minimum atomic E-state index is -3.58. The van der Waals surface area contributed by atoms with Gasteiger partial charge in [-0.05, 0) is 12.0 Å². The Hall–Kier alpha value is -0.323. The highest BCUT2D eigenvalue weighted by atomic mass is 32.2. The summed E-state index contributed by atoms with van der Waals surface area (Å²) in [6, 6.07) is 0. The van der Waals surface area contributed by atoms with E-state index in [4.69, 9.17) is 9.47 Å². The van der Waals surface area contributed by atoms with Crippen LogP contribution in [0.25, 0.3) is 0 Å². The largest absolute Gasteiger partial charge is 0.342 e. The molecule has 0 spiro atoms. The SMILES string of the molecule is CC1(c2ncc(S(=O)(=O)N[Si](C)(C)C(C)(C)C)s2)OCCO1. The van der Waals surface area contributed by atoms with E-state index >= 15 is 0 Å². The van der Waals surface area contributed by atoms with Crippen molar-refractivity contribution in [1.82, 2.24) is 9.37 Å². The first-order chi connectivity index (χ1) is 9.87. The Bertz CT molecular complexity index is 643. The second kappa shape index (κ2) is 5.64. The molecule has 6 nitrogen and oxygen atoms in total. The van der Waals surface area contributed by atoms with E-state index in [2.05, 4.69) is 30.1 Å². The lowest BCUT2D eigenvalue weighted by atomic mass is 10.2. The lowest BCUT2D eigenvalue weighted by Gasteiger charge is -2.36. The van der Waals surface area contributed by atoms with Gasteiger partial charge in [-0.2, -0.15) is 0 Å². The van der Waals surface area contributed by atoms with Gasteiger partial charge in [0.15, 0.2) is 9.22 Å². The van der Waals surface area contributed by atoms with Gasteiger partial charge >= 0.3 is 0 Å². The van der Waals surface area contributed by atoms with Gasteiger partial charge in [-0.1, -0.05) is 33.9 Å². The second-order valence-corrected chi connectivity index (χ2v) is 15.4. The summed E-state index contributed by atoms with van der Waals surface area (Å²) in [5.74, 6) is -0.935. The molecule has 1 saturated heterocycles. The van der Waals surface area contributed by atoms with Gasteiger partial charge < -0.3 is 9.47 Å². The van der Waals surface area contributed by atoms with Crippen LogP contribution in [0.2, 0.25) is 18.1 Å². The molecule has 0 radical (unpaired) electrons. The third kappa shape index (κ3) is 3.44. The van der Waals surface area contributed by atoms with Crippen molar-refractivity contribution in [3.63, 3.8) is 0 Å². The van der Waals surface area contributed by atoms with Crippen molar-refractivity contribution in [3.05, 3.63) is 11.2 Å². The fourth-order valence-corrected chi connectivity index (χ4v) is 8.03. The molecule has 0 saturated carbocycles. The van der Waals surface area contributed by atoms with E-state index in [1.54, 1.807) is 6.92 Å². The Balaban J connectivity index is 2.26. The van der Waals surface area contributed by atoms with E-state index in [1.165, 1.54) is 6.20 Å². The molecule has 22 heavy (non-hydrogen) atoms. The lowest BCUT2D eigenvalue weighted by molar-refractivity contribution is -0.149. The molecule has 1 N–H and O–H groups in total. The van der Waals surface area contributed by atoms with E-state index in [-0.39, 0.29) is 9.25 Å². The number of rotatable bonds is 4. The number of nitrogens with zero attached hydrogens (tertiary/aromatic N) is 1. The Labute approximate surface area is 137 Å². The predicted molar refractivity (Wildman–Crippen MR) is 88.9 cm³/mol. The van der Waals surface area contributed by atoms with Crippen molar-refractivity contribution >= 4 is 29.6 Å². The highest BCUT2D eigenvalue weighted by molar-refractivity contribution is 7.93. The Kier molecular flexibility index (Phi) is 4.62. The molecule has 0 atom stereocenters. The number of hydrogen-bond acceptors (Lipinski definition) is 6. The Morgan fingerprint density at radius 3 is 2.36 bits per heavy atom. The van der Waals surface area contributed by atoms with Crippen molar-refractivity contribution in [3.8, 4) is 0 Å². The minimum absolute atomic E-state index is 0.0861. The summed E-state index contributed by atoms with van der Waals surface area (Å²) in [6.07, 6.45) is 1.38. The third-order valence-corrected chi connectivity index (χ3v) is 13.6. The van der Waals surface area contributed by atoms with Gasteiger partial charge in [-0.25, -0.2) is 17.8 Å². The fourth-order valence-electron chi connectivity index (χ4n) is 1.77. The van der Waals surface area contributed by atoms with Crippen LogP contribution in [0, 0.1) is 0 Å². The van der Waals surface area contributed by atoms with E-state index in [0.29, 0.717) is 18.2 Å². The number of hydrogen-bond donors (Lipinski definition) is 1. The van der Waals surface area contributed by atoms with E-state index < -0.39 is 24.0 Å². The van der Waals surface area contributed by atoms with Crippen LogP contribution in [-0.2, 0) is 25.3 Å². The van der Waals surface area contributed by atoms with Crippen LogP contribution in [-0.4, -0.2) is 34.9 Å². The van der Waals surface area contributed by atoms with E-state index in [0.717, 1.165) is 11.3 Å². The maximum atomic E-state index is 12.6. The van der Waals surface area contributed by atoms with Crippen molar-refractivity contribution < 1.29 is 17.9 Å². The molecule has 0 unspecified atom stereocenters. The first kappa shape index (κ1) is 18.0. The zero-order valence-corrected chi connectivity index (χ0v) is 16.5. The average Bonchev–Trinajstić information content (AvgIpc) is 2.94. The molecule has 1 aliphatic rings. The van der Waals surface area contributed by atoms with Crippen LogP contribution in [0.4, 0.5) is 0 Å². The van der Waals surface area contributed by atoms with Crippen molar-refractivity contribution in [2.75, 3.05) is 13.2 Å². The molecule has 1 fully saturated rings. The maximum Gasteiger partial charge on any atom is 0.245 e. The number of aromatic nitrogens is 1. The molecule has 1 aromatic rings. The number of nitrogens with one attached hydrogen (secondary N) is 1. The van der Waals surface area contributed by atoms with Crippen molar-refractivity contribution in [2.45, 2.75) is 55.8 Å². The summed E-state index contributed by atoms with van der Waals surface area (Å²) in [4.78, 5) is 4.19. The average molecular weight is 365 g/mol. The number of sulfonamides is 1. The van der Waals surface area contributed by atoms with Crippen LogP contribution in [0.1, 0.15) is 32.7 Å². The van der Waals surface area contributed by atoms with Gasteiger partial charge in [0.05, 0.1) is 19.4 Å². The zero-order chi connectivity index (χ0) is 16.8. The van der Waals surface area contributed by atoms with Gasteiger partial charge in [0.25, 0.3) is 0 Å². The third-order valence-electron chi connectivity index (χ3n) is 4.24. The molecule has 0 amide bonds. The molecular weight excluding hydrogens is 340 g/mol. The summed E-state index contributed by atoms with van der Waals surface area (Å²) >= 11 is 1.10. The van der Waals surface area contributed by atoms with Crippen molar-refractivity contribution in [1.29, 1.82) is 0 Å². The maximum absolute atomic E-state index is 12.6. The Morgan fingerprint density at radius 1 is 1.32 bits per heavy atom. The number of ether oxygens (including phenoxy) is 2. The zero-order valence-electron chi connectivity index (χ0n) is 13.9. The molecule has 0 bridgehead atoms. The van der Waals surface area contributed by atoms with Crippen LogP contribution < -0.4 is 4.39 Å². The highest BCUT2D eigenvalue weighted by Crippen LogP contribution is 2.37. The first-order valence-corrected chi connectivity index (χ1v) is 12.5. The summed E-state index contributed by atoms with van der Waals surface area (Å²) < 4.78 is 39.4. The monoisotopic (exact) mass is 364 g/mol. The smallest absolute Gasteiger partial charge is 0.245 e. The molecule has 1 aliphatic heterocycles. The summed E-state index contributed by atoms with van der Waals surface area (Å²) in [6.45, 7) is 12.9. The topological polar surface area (TPSA) is 77.5 Å². The predicted octanol–water partition coefficient (Wildman–Crippen LogP) is 2.65. The molecular formula is C13H24N2O4S2Si. The molecule has 1 aromatic heterocycles.